The molecule has 0 aromatic carbocycles. The Hall–Kier alpha value is -1.43. The van der Waals surface area contributed by atoms with E-state index in [2.05, 4.69) is 9.97 Å². The monoisotopic (exact) mass is 133 g/mol. The molecule has 0 N–H and O–H groups in total. The van der Waals surface area contributed by atoms with Gasteiger partial charge >= 0.3 is 0 Å². The van der Waals surface area contributed by atoms with E-state index >= 15 is 0 Å². The van der Waals surface area contributed by atoms with E-state index in [0.717, 1.165) is 5.56 Å². The van der Waals surface area contributed by atoms with Gasteiger partial charge in [-0.25, -0.2) is 9.97 Å². The fourth-order valence-electron chi connectivity index (χ4n) is 0.643. The molecule has 50 valence electrons. The maximum Gasteiger partial charge on any atom is 0.147 e. The van der Waals surface area contributed by atoms with Gasteiger partial charge in [0.25, 0.3) is 0 Å². The first kappa shape index (κ1) is 6.69. The normalized spacial score (nSPS) is 8.90. The van der Waals surface area contributed by atoms with Crippen molar-refractivity contribution in [1.29, 1.82) is 5.26 Å². The molecule has 1 aromatic heterocycles. The molecule has 0 unspecified atom stereocenters. The molecule has 0 atom stereocenters. The van der Waals surface area contributed by atoms with Crippen LogP contribution in [0.4, 0.5) is 0 Å². The molecule has 10 heavy (non-hydrogen) atoms. The summed E-state index contributed by atoms with van der Waals surface area (Å²) in [7, 11) is 0. The Kier molecular flexibility index (Phi) is 1.63. The summed E-state index contributed by atoms with van der Waals surface area (Å²) in [6.07, 6.45) is 1.65. The second-order valence-corrected chi connectivity index (χ2v) is 2.06. The molecule has 1 heterocycles. The summed E-state index contributed by atoms with van der Waals surface area (Å²) >= 11 is 0. The van der Waals surface area contributed by atoms with Crippen molar-refractivity contribution in [2.45, 2.75) is 13.8 Å². The average molecular weight is 133 g/mol. The summed E-state index contributed by atoms with van der Waals surface area (Å²) in [5, 5.41) is 8.50. The maximum absolute atomic E-state index is 8.50. The molecule has 0 saturated heterocycles. The average Bonchev–Trinajstić information content (AvgIpc) is 1.94. The van der Waals surface area contributed by atoms with Crippen LogP contribution in [0, 0.1) is 25.2 Å². The van der Waals surface area contributed by atoms with Crippen molar-refractivity contribution in [3.05, 3.63) is 23.3 Å². The molecule has 3 nitrogen and oxygen atoms in total. The van der Waals surface area contributed by atoms with Crippen LogP contribution in [0.25, 0.3) is 0 Å². The van der Waals surface area contributed by atoms with Crippen LogP contribution in [-0.2, 0) is 0 Å². The predicted octanol–water partition coefficient (Wildman–Crippen LogP) is 0.965. The molecule has 3 heteroatoms. The van der Waals surface area contributed by atoms with Crippen LogP contribution < -0.4 is 0 Å². The number of nitriles is 1. The third-order valence-electron chi connectivity index (χ3n) is 1.20. The van der Waals surface area contributed by atoms with Crippen molar-refractivity contribution in [3.8, 4) is 6.07 Å². The Bertz CT molecular complexity index is 285. The van der Waals surface area contributed by atoms with E-state index in [4.69, 9.17) is 5.26 Å². The van der Waals surface area contributed by atoms with Gasteiger partial charge in [0, 0.05) is 11.8 Å². The van der Waals surface area contributed by atoms with Gasteiger partial charge in [-0.05, 0) is 13.8 Å². The highest BCUT2D eigenvalue weighted by molar-refractivity contribution is 5.27. The molecule has 0 spiro atoms. The number of rotatable bonds is 0. The SMILES string of the molecule is Cc1ncc(C)c(C#N)n1. The quantitative estimate of drug-likeness (QED) is 0.529. The summed E-state index contributed by atoms with van der Waals surface area (Å²) in [6.45, 7) is 3.58. The smallest absolute Gasteiger partial charge is 0.147 e. The number of aromatic nitrogens is 2. The summed E-state index contributed by atoms with van der Waals surface area (Å²) in [5.41, 5.74) is 1.29. The fourth-order valence-corrected chi connectivity index (χ4v) is 0.643. The van der Waals surface area contributed by atoms with Gasteiger partial charge in [0.15, 0.2) is 0 Å². The molecule has 1 aromatic rings. The lowest BCUT2D eigenvalue weighted by molar-refractivity contribution is 1.01. The van der Waals surface area contributed by atoms with Gasteiger partial charge in [-0.2, -0.15) is 5.26 Å². The zero-order valence-corrected chi connectivity index (χ0v) is 5.92. The maximum atomic E-state index is 8.50. The Morgan fingerprint density at radius 3 is 2.70 bits per heavy atom. The van der Waals surface area contributed by atoms with Crippen molar-refractivity contribution in [2.24, 2.45) is 0 Å². The minimum atomic E-state index is 0.465. The third kappa shape index (κ3) is 1.11. The van der Waals surface area contributed by atoms with Crippen LogP contribution >= 0.6 is 0 Å². The summed E-state index contributed by atoms with van der Waals surface area (Å²) in [5.74, 6) is 0.641. The third-order valence-corrected chi connectivity index (χ3v) is 1.20. The first-order valence-corrected chi connectivity index (χ1v) is 2.94. The highest BCUT2D eigenvalue weighted by Gasteiger charge is 1.97. The molecule has 0 radical (unpaired) electrons. The van der Waals surface area contributed by atoms with E-state index in [1.807, 2.05) is 13.0 Å². The fraction of sp³-hybridized carbons (Fsp3) is 0.286. The van der Waals surface area contributed by atoms with Crippen LogP contribution in [0.3, 0.4) is 0 Å². The molecule has 0 fully saturated rings. The van der Waals surface area contributed by atoms with Gasteiger partial charge in [-0.15, -0.1) is 0 Å². The van der Waals surface area contributed by atoms with Crippen LogP contribution in [0.1, 0.15) is 17.1 Å². The van der Waals surface area contributed by atoms with E-state index < -0.39 is 0 Å². The Morgan fingerprint density at radius 2 is 2.20 bits per heavy atom. The zero-order chi connectivity index (χ0) is 7.56. The number of hydrogen-bond acceptors (Lipinski definition) is 3. The highest BCUT2D eigenvalue weighted by atomic mass is 14.9. The highest BCUT2D eigenvalue weighted by Crippen LogP contribution is 1.99. The lowest BCUT2D eigenvalue weighted by Crippen LogP contribution is -1.93. The van der Waals surface area contributed by atoms with Crippen LogP contribution in [0.5, 0.6) is 0 Å². The van der Waals surface area contributed by atoms with Crippen molar-refractivity contribution in [2.75, 3.05) is 0 Å². The number of aryl methyl sites for hydroxylation is 2. The lowest BCUT2D eigenvalue weighted by Gasteiger charge is -1.94. The molecular weight excluding hydrogens is 126 g/mol. The Labute approximate surface area is 59.4 Å². The molecule has 0 amide bonds. The van der Waals surface area contributed by atoms with Gasteiger partial charge in [-0.1, -0.05) is 0 Å². The summed E-state index contributed by atoms with van der Waals surface area (Å²) in [6, 6.07) is 1.98. The van der Waals surface area contributed by atoms with Gasteiger partial charge in [0.05, 0.1) is 0 Å². The van der Waals surface area contributed by atoms with Crippen LogP contribution in [-0.4, -0.2) is 9.97 Å². The van der Waals surface area contributed by atoms with Crippen LogP contribution in [0.2, 0.25) is 0 Å². The summed E-state index contributed by atoms with van der Waals surface area (Å²) < 4.78 is 0. The van der Waals surface area contributed by atoms with Gasteiger partial charge < -0.3 is 0 Å². The second kappa shape index (κ2) is 2.44. The lowest BCUT2D eigenvalue weighted by atomic mass is 10.3. The molecule has 0 bridgehead atoms. The van der Waals surface area contributed by atoms with Gasteiger partial charge in [-0.3, -0.25) is 0 Å². The molecule has 1 rings (SSSR count). The van der Waals surface area contributed by atoms with Crippen molar-refractivity contribution in [3.63, 3.8) is 0 Å². The minimum Gasteiger partial charge on any atom is -0.241 e. The standard InChI is InChI=1S/C7H7N3/c1-5-4-9-6(2)10-7(5)3-8/h4H,1-2H3. The van der Waals surface area contributed by atoms with E-state index in [1.165, 1.54) is 0 Å². The largest absolute Gasteiger partial charge is 0.241 e. The molecule has 0 aliphatic rings. The van der Waals surface area contributed by atoms with Crippen molar-refractivity contribution >= 4 is 0 Å². The van der Waals surface area contributed by atoms with E-state index in [0.29, 0.717) is 11.5 Å². The molecule has 0 aliphatic heterocycles. The number of nitrogens with zero attached hydrogens (tertiary/aromatic N) is 3. The predicted molar refractivity (Wildman–Crippen MR) is 36.2 cm³/mol. The van der Waals surface area contributed by atoms with E-state index in [1.54, 1.807) is 13.1 Å². The first-order chi connectivity index (χ1) is 4.74. The van der Waals surface area contributed by atoms with Gasteiger partial charge in [0.2, 0.25) is 0 Å². The van der Waals surface area contributed by atoms with Gasteiger partial charge in [0.1, 0.15) is 17.6 Å². The molecule has 0 saturated carbocycles. The topological polar surface area (TPSA) is 49.6 Å². The van der Waals surface area contributed by atoms with Crippen molar-refractivity contribution < 1.29 is 0 Å². The van der Waals surface area contributed by atoms with Crippen LogP contribution in [0.15, 0.2) is 6.20 Å². The second-order valence-electron chi connectivity index (χ2n) is 2.06. The Balaban J connectivity index is 3.25. The minimum absolute atomic E-state index is 0.465. The van der Waals surface area contributed by atoms with Crippen molar-refractivity contribution in [1.82, 2.24) is 9.97 Å². The van der Waals surface area contributed by atoms with E-state index in [-0.39, 0.29) is 0 Å². The molecular formula is C7H7N3. The van der Waals surface area contributed by atoms with E-state index in [9.17, 15) is 0 Å². The molecule has 0 aliphatic carbocycles. The Morgan fingerprint density at radius 1 is 1.50 bits per heavy atom. The first-order valence-electron chi connectivity index (χ1n) is 2.94. The summed E-state index contributed by atoms with van der Waals surface area (Å²) in [4.78, 5) is 7.84. The zero-order valence-electron chi connectivity index (χ0n) is 5.92. The number of hydrogen-bond donors (Lipinski definition) is 0.